The summed E-state index contributed by atoms with van der Waals surface area (Å²) in [6.07, 6.45) is 15.2. The van der Waals surface area contributed by atoms with E-state index in [-0.39, 0.29) is 24.8 Å². The van der Waals surface area contributed by atoms with Crippen LogP contribution < -0.4 is 24.8 Å². The van der Waals surface area contributed by atoms with Crippen molar-refractivity contribution in [2.75, 3.05) is 0 Å². The number of hydrogen-bond donors (Lipinski definition) is 0. The van der Waals surface area contributed by atoms with Crippen LogP contribution in [0.3, 0.4) is 0 Å². The predicted octanol–water partition coefficient (Wildman–Crippen LogP) is 0.635. The van der Waals surface area contributed by atoms with Gasteiger partial charge >= 0.3 is 169 Å². The van der Waals surface area contributed by atoms with Crippen molar-refractivity contribution in [3.63, 3.8) is 0 Å². The van der Waals surface area contributed by atoms with E-state index >= 15 is 0 Å². The molecule has 1 fully saturated rings. The maximum absolute atomic E-state index is 2.42. The van der Waals surface area contributed by atoms with Crippen LogP contribution in [-0.2, 0) is 22.8 Å². The molecular formula is C25H25Cl2Zr. The topological polar surface area (TPSA) is 0 Å². The Labute approximate surface area is 192 Å². The SMILES string of the molecule is Cc1ccc2c(c1C1=CC=CC1)[CH]([Zr+2]=[C]1CCCCC1)c1ccccc1-2.[Cl-].[Cl-]. The fourth-order valence-electron chi connectivity index (χ4n) is 4.95. The van der Waals surface area contributed by atoms with Gasteiger partial charge in [-0.1, -0.05) is 0 Å². The van der Waals surface area contributed by atoms with E-state index in [9.17, 15) is 0 Å². The summed E-state index contributed by atoms with van der Waals surface area (Å²) in [6.45, 7) is 2.31. The van der Waals surface area contributed by atoms with Gasteiger partial charge in [-0.05, 0) is 0 Å². The fourth-order valence-corrected chi connectivity index (χ4v) is 9.62. The third-order valence-corrected chi connectivity index (χ3v) is 10.6. The van der Waals surface area contributed by atoms with E-state index < -0.39 is 22.8 Å². The van der Waals surface area contributed by atoms with Crippen LogP contribution in [-0.4, -0.2) is 3.21 Å². The Morgan fingerprint density at radius 3 is 2.43 bits per heavy atom. The summed E-state index contributed by atoms with van der Waals surface area (Å²) < 4.78 is 2.69. The Kier molecular flexibility index (Phi) is 7.35. The first kappa shape index (κ1) is 21.9. The summed E-state index contributed by atoms with van der Waals surface area (Å²) in [4.78, 5) is 0. The minimum Gasteiger partial charge on any atom is -1.00 e. The van der Waals surface area contributed by atoms with E-state index in [1.165, 1.54) is 54.4 Å². The molecule has 0 spiro atoms. The molecule has 0 heterocycles. The fraction of sp³-hybridized carbons (Fsp3) is 0.320. The minimum absolute atomic E-state index is 0. The number of allylic oxidation sites excluding steroid dienone is 4. The molecular weight excluding hydrogens is 462 g/mol. The van der Waals surface area contributed by atoms with E-state index in [0.717, 1.165) is 6.42 Å². The molecule has 0 radical (unpaired) electrons. The van der Waals surface area contributed by atoms with Crippen molar-refractivity contribution in [2.45, 2.75) is 49.1 Å². The molecule has 5 rings (SSSR count). The summed E-state index contributed by atoms with van der Waals surface area (Å²) in [5.41, 5.74) is 10.9. The van der Waals surface area contributed by atoms with E-state index in [2.05, 4.69) is 61.5 Å². The molecule has 0 aliphatic heterocycles. The molecule has 0 N–H and O–H groups in total. The number of fused-ring (bicyclic) bond motifs is 3. The standard InChI is InChI=1S/C19H15.C6H10.2ClH.Zr/c1-13-10-11-17-16-9-5-4-8-15(16)12-18(17)19(13)14-6-2-3-7-14;1-2-4-6-5-3-1;;;/h2-6,8-12H,7H2,1H3;1-5H2;2*1H;/q;;;;+2/p-2. The van der Waals surface area contributed by atoms with Gasteiger partial charge in [-0.3, -0.25) is 0 Å². The first-order valence-corrected chi connectivity index (χ1v) is 12.7. The maximum atomic E-state index is 2.42. The van der Waals surface area contributed by atoms with E-state index in [4.69, 9.17) is 0 Å². The van der Waals surface area contributed by atoms with Gasteiger partial charge in [0.15, 0.2) is 0 Å². The van der Waals surface area contributed by atoms with Gasteiger partial charge in [0.1, 0.15) is 0 Å². The molecule has 3 aliphatic carbocycles. The van der Waals surface area contributed by atoms with Crippen LogP contribution in [0.15, 0.2) is 54.6 Å². The van der Waals surface area contributed by atoms with Gasteiger partial charge in [-0.2, -0.15) is 0 Å². The van der Waals surface area contributed by atoms with Crippen LogP contribution >= 0.6 is 0 Å². The summed E-state index contributed by atoms with van der Waals surface area (Å²) in [7, 11) is 0. The minimum atomic E-state index is -0.611. The number of rotatable bonds is 2. The van der Waals surface area contributed by atoms with Crippen LogP contribution in [0.1, 0.15) is 64.4 Å². The molecule has 0 bridgehead atoms. The Hall–Kier alpha value is -0.747. The van der Waals surface area contributed by atoms with E-state index in [1.54, 1.807) is 16.7 Å². The monoisotopic (exact) mass is 485 g/mol. The van der Waals surface area contributed by atoms with Crippen molar-refractivity contribution in [2.24, 2.45) is 0 Å². The van der Waals surface area contributed by atoms with Crippen LogP contribution in [0, 0.1) is 6.92 Å². The molecule has 0 aromatic heterocycles. The zero-order valence-corrected chi connectivity index (χ0v) is 20.2. The third kappa shape index (κ3) is 3.83. The molecule has 1 atom stereocenters. The average Bonchev–Trinajstić information content (AvgIpc) is 3.30. The van der Waals surface area contributed by atoms with Crippen LogP contribution in [0.5, 0.6) is 0 Å². The quantitative estimate of drug-likeness (QED) is 0.583. The molecule has 28 heavy (non-hydrogen) atoms. The summed E-state index contributed by atoms with van der Waals surface area (Å²) in [5.74, 6) is 0. The normalized spacial score (nSPS) is 19.1. The Balaban J connectivity index is 0.00000112. The molecule has 0 saturated heterocycles. The summed E-state index contributed by atoms with van der Waals surface area (Å²) in [5, 5.41) is 0. The largest absolute Gasteiger partial charge is 1.00 e. The molecule has 3 aliphatic rings. The number of halogens is 2. The van der Waals surface area contributed by atoms with Crippen LogP contribution in [0.25, 0.3) is 16.7 Å². The van der Waals surface area contributed by atoms with Crippen molar-refractivity contribution in [1.82, 2.24) is 0 Å². The molecule has 1 unspecified atom stereocenters. The second kappa shape index (κ2) is 9.38. The molecule has 2 aromatic rings. The van der Waals surface area contributed by atoms with Gasteiger partial charge in [0.25, 0.3) is 0 Å². The first-order chi connectivity index (χ1) is 12.8. The van der Waals surface area contributed by atoms with E-state index in [0.29, 0.717) is 3.63 Å². The summed E-state index contributed by atoms with van der Waals surface area (Å²) in [6, 6.07) is 14.0. The molecule has 0 amide bonds. The Morgan fingerprint density at radius 2 is 1.68 bits per heavy atom. The number of benzene rings is 2. The molecule has 3 heteroatoms. The average molecular weight is 488 g/mol. The molecule has 143 valence electrons. The maximum Gasteiger partial charge on any atom is -1.00 e. The van der Waals surface area contributed by atoms with Gasteiger partial charge in [0.05, 0.1) is 0 Å². The second-order valence-corrected chi connectivity index (χ2v) is 11.7. The van der Waals surface area contributed by atoms with Gasteiger partial charge < -0.3 is 24.8 Å². The van der Waals surface area contributed by atoms with Crippen LogP contribution in [0.2, 0.25) is 0 Å². The van der Waals surface area contributed by atoms with Gasteiger partial charge in [-0.15, -0.1) is 0 Å². The van der Waals surface area contributed by atoms with Crippen molar-refractivity contribution in [3.05, 3.63) is 76.9 Å². The number of hydrogen-bond acceptors (Lipinski definition) is 0. The van der Waals surface area contributed by atoms with Gasteiger partial charge in [-0.25, -0.2) is 0 Å². The third-order valence-electron chi connectivity index (χ3n) is 6.20. The van der Waals surface area contributed by atoms with E-state index in [1.807, 2.05) is 3.21 Å². The first-order valence-electron chi connectivity index (χ1n) is 10.0. The van der Waals surface area contributed by atoms with Crippen molar-refractivity contribution >= 4 is 8.78 Å². The van der Waals surface area contributed by atoms with Crippen molar-refractivity contribution in [1.29, 1.82) is 0 Å². The zero-order chi connectivity index (χ0) is 17.5. The van der Waals surface area contributed by atoms with Crippen LogP contribution in [0.4, 0.5) is 0 Å². The van der Waals surface area contributed by atoms with Crippen molar-refractivity contribution in [3.8, 4) is 11.1 Å². The van der Waals surface area contributed by atoms with Crippen molar-refractivity contribution < 1.29 is 47.6 Å². The molecule has 0 nitrogen and oxygen atoms in total. The Morgan fingerprint density at radius 1 is 0.893 bits per heavy atom. The molecule has 2 aromatic carbocycles. The summed E-state index contributed by atoms with van der Waals surface area (Å²) >= 11 is -0.611. The second-order valence-electron chi connectivity index (χ2n) is 7.87. The smallest absolute Gasteiger partial charge is 1.00 e. The zero-order valence-electron chi connectivity index (χ0n) is 16.3. The number of aryl methyl sites for hydroxylation is 1. The molecule has 1 saturated carbocycles. The van der Waals surface area contributed by atoms with Gasteiger partial charge in [0, 0.05) is 0 Å². The van der Waals surface area contributed by atoms with Gasteiger partial charge in [0.2, 0.25) is 0 Å². The predicted molar refractivity (Wildman–Crippen MR) is 108 cm³/mol. The Bertz CT molecular complexity index is 961.